The van der Waals surface area contributed by atoms with Gasteiger partial charge in [0.2, 0.25) is 0 Å². The van der Waals surface area contributed by atoms with E-state index >= 15 is 0 Å². The Morgan fingerprint density at radius 2 is 1.96 bits per heavy atom. The summed E-state index contributed by atoms with van der Waals surface area (Å²) in [5.41, 5.74) is 2.17. The van der Waals surface area contributed by atoms with Crippen LogP contribution in [0.15, 0.2) is 34.9 Å². The fourth-order valence-electron chi connectivity index (χ4n) is 3.24. The first-order valence-corrected chi connectivity index (χ1v) is 9.39. The second kappa shape index (κ2) is 9.16. The smallest absolute Gasteiger partial charge is 0.150 e. The Balaban J connectivity index is 1.37. The quantitative estimate of drug-likeness (QED) is 0.779. The molecule has 0 bridgehead atoms. The van der Waals surface area contributed by atoms with Gasteiger partial charge >= 0.3 is 0 Å². The largest absolute Gasteiger partial charge is 0.491 e. The van der Waals surface area contributed by atoms with E-state index in [0.29, 0.717) is 13.2 Å². The zero-order valence-corrected chi connectivity index (χ0v) is 15.7. The van der Waals surface area contributed by atoms with Gasteiger partial charge in [0.15, 0.2) is 5.76 Å². The number of rotatable bonds is 8. The third kappa shape index (κ3) is 5.56. The van der Waals surface area contributed by atoms with Gasteiger partial charge in [0.1, 0.15) is 18.5 Å². The van der Waals surface area contributed by atoms with Crippen molar-refractivity contribution in [3.63, 3.8) is 0 Å². The lowest BCUT2D eigenvalue weighted by Gasteiger charge is -2.35. The van der Waals surface area contributed by atoms with Crippen LogP contribution in [-0.2, 0) is 13.0 Å². The third-order valence-corrected chi connectivity index (χ3v) is 4.74. The molecule has 0 saturated carbocycles. The number of benzene rings is 1. The number of nitrogens with zero attached hydrogens (tertiary/aromatic N) is 3. The number of aromatic nitrogens is 1. The van der Waals surface area contributed by atoms with E-state index in [9.17, 15) is 5.11 Å². The average Bonchev–Trinajstić information content (AvgIpc) is 3.06. The predicted octanol–water partition coefficient (Wildman–Crippen LogP) is 2.10. The van der Waals surface area contributed by atoms with Crippen molar-refractivity contribution in [1.82, 2.24) is 15.0 Å². The number of aryl methyl sites for hydroxylation is 2. The molecular weight excluding hydrogens is 330 g/mol. The second-order valence-corrected chi connectivity index (χ2v) is 6.98. The first kappa shape index (κ1) is 18.9. The van der Waals surface area contributed by atoms with Gasteiger partial charge < -0.3 is 14.4 Å². The summed E-state index contributed by atoms with van der Waals surface area (Å²) in [4.78, 5) is 4.65. The molecule has 1 fully saturated rings. The Labute approximate surface area is 155 Å². The molecule has 2 aromatic rings. The van der Waals surface area contributed by atoms with Crippen LogP contribution in [0.25, 0.3) is 0 Å². The van der Waals surface area contributed by atoms with Gasteiger partial charge in [-0.25, -0.2) is 0 Å². The molecule has 142 valence electrons. The molecule has 0 aliphatic carbocycles. The molecule has 26 heavy (non-hydrogen) atoms. The van der Waals surface area contributed by atoms with E-state index in [0.717, 1.165) is 56.3 Å². The van der Waals surface area contributed by atoms with Crippen LogP contribution in [0.5, 0.6) is 5.75 Å². The SMILES string of the molecule is CCc1cccc(OCC(O)CN2CCN(Cc3cc(C)no3)CC2)c1. The van der Waals surface area contributed by atoms with E-state index in [1.54, 1.807) is 0 Å². The summed E-state index contributed by atoms with van der Waals surface area (Å²) in [6.45, 7) is 9.63. The number of aliphatic hydroxyl groups is 1. The lowest BCUT2D eigenvalue weighted by molar-refractivity contribution is 0.0430. The van der Waals surface area contributed by atoms with E-state index in [1.165, 1.54) is 5.56 Å². The fourth-order valence-corrected chi connectivity index (χ4v) is 3.24. The highest BCUT2D eigenvalue weighted by Crippen LogP contribution is 2.14. The topological polar surface area (TPSA) is 62.0 Å². The number of hydrogen-bond donors (Lipinski definition) is 1. The number of piperazine rings is 1. The highest BCUT2D eigenvalue weighted by molar-refractivity contribution is 5.28. The standard InChI is InChI=1S/C20H29N3O3/c1-3-17-5-4-6-19(12-17)25-15-18(24)13-22-7-9-23(10-8-22)14-20-11-16(2)21-26-20/h4-6,11-12,18,24H,3,7-10,13-15H2,1-2H3. The van der Waals surface area contributed by atoms with Crippen LogP contribution in [0.3, 0.4) is 0 Å². The molecule has 2 heterocycles. The first-order chi connectivity index (χ1) is 12.6. The maximum atomic E-state index is 10.3. The third-order valence-electron chi connectivity index (χ3n) is 4.74. The van der Waals surface area contributed by atoms with E-state index in [-0.39, 0.29) is 0 Å². The molecule has 1 atom stereocenters. The molecule has 1 saturated heterocycles. The van der Waals surface area contributed by atoms with Crippen molar-refractivity contribution in [2.75, 3.05) is 39.3 Å². The highest BCUT2D eigenvalue weighted by atomic mass is 16.5. The van der Waals surface area contributed by atoms with Crippen LogP contribution in [0.4, 0.5) is 0 Å². The van der Waals surface area contributed by atoms with Crippen molar-refractivity contribution in [1.29, 1.82) is 0 Å². The van der Waals surface area contributed by atoms with Gasteiger partial charge in [0.25, 0.3) is 0 Å². The Kier molecular flexibility index (Phi) is 6.66. The summed E-state index contributed by atoms with van der Waals surface area (Å²) < 4.78 is 11.0. The molecule has 3 rings (SSSR count). The Hall–Kier alpha value is -1.89. The monoisotopic (exact) mass is 359 g/mol. The highest BCUT2D eigenvalue weighted by Gasteiger charge is 2.20. The average molecular weight is 359 g/mol. The van der Waals surface area contributed by atoms with Gasteiger partial charge in [-0.15, -0.1) is 0 Å². The minimum absolute atomic E-state index is 0.324. The molecular formula is C20H29N3O3. The minimum atomic E-state index is -0.483. The van der Waals surface area contributed by atoms with Crippen LogP contribution in [-0.4, -0.2) is 65.5 Å². The number of ether oxygens (including phenoxy) is 1. The molecule has 0 amide bonds. The Bertz CT molecular complexity index is 680. The lowest BCUT2D eigenvalue weighted by atomic mass is 10.2. The molecule has 6 heteroatoms. The zero-order chi connectivity index (χ0) is 18.4. The van der Waals surface area contributed by atoms with Gasteiger partial charge in [-0.2, -0.15) is 0 Å². The van der Waals surface area contributed by atoms with E-state index < -0.39 is 6.10 Å². The fraction of sp³-hybridized carbons (Fsp3) is 0.550. The summed E-state index contributed by atoms with van der Waals surface area (Å²) in [5, 5.41) is 14.2. The number of β-amino-alcohol motifs (C(OH)–C–C–N with tert-alkyl or cyclic N) is 1. The molecule has 6 nitrogen and oxygen atoms in total. The molecule has 1 unspecified atom stereocenters. The molecule has 0 radical (unpaired) electrons. The maximum absolute atomic E-state index is 10.3. The number of hydrogen-bond acceptors (Lipinski definition) is 6. The molecule has 1 aromatic carbocycles. The molecule has 1 N–H and O–H groups in total. The van der Waals surface area contributed by atoms with Crippen LogP contribution in [0, 0.1) is 6.92 Å². The van der Waals surface area contributed by atoms with Gasteiger partial charge in [0.05, 0.1) is 12.2 Å². The van der Waals surface area contributed by atoms with Crippen LogP contribution in [0.1, 0.15) is 23.9 Å². The van der Waals surface area contributed by atoms with Crippen LogP contribution < -0.4 is 4.74 Å². The first-order valence-electron chi connectivity index (χ1n) is 9.39. The van der Waals surface area contributed by atoms with Gasteiger partial charge in [-0.1, -0.05) is 24.2 Å². The Morgan fingerprint density at radius 3 is 2.65 bits per heavy atom. The normalized spacial score (nSPS) is 17.3. The summed E-state index contributed by atoms with van der Waals surface area (Å²) in [7, 11) is 0. The summed E-state index contributed by atoms with van der Waals surface area (Å²) >= 11 is 0. The summed E-state index contributed by atoms with van der Waals surface area (Å²) in [5.74, 6) is 1.74. The van der Waals surface area contributed by atoms with Crippen LogP contribution >= 0.6 is 0 Å². The molecule has 1 aliphatic heterocycles. The van der Waals surface area contributed by atoms with E-state index in [4.69, 9.17) is 9.26 Å². The number of aliphatic hydroxyl groups excluding tert-OH is 1. The summed E-state index contributed by atoms with van der Waals surface area (Å²) in [6.07, 6.45) is 0.501. The van der Waals surface area contributed by atoms with Crippen molar-refractivity contribution in [3.8, 4) is 5.75 Å². The van der Waals surface area contributed by atoms with E-state index in [1.807, 2.05) is 31.2 Å². The van der Waals surface area contributed by atoms with Crippen molar-refractivity contribution in [2.45, 2.75) is 32.9 Å². The minimum Gasteiger partial charge on any atom is -0.491 e. The van der Waals surface area contributed by atoms with Gasteiger partial charge in [-0.05, 0) is 31.0 Å². The maximum Gasteiger partial charge on any atom is 0.150 e. The van der Waals surface area contributed by atoms with Crippen molar-refractivity contribution in [3.05, 3.63) is 47.3 Å². The Morgan fingerprint density at radius 1 is 1.19 bits per heavy atom. The predicted molar refractivity (Wildman–Crippen MR) is 100 cm³/mol. The molecule has 0 spiro atoms. The molecule has 1 aliphatic rings. The zero-order valence-electron chi connectivity index (χ0n) is 15.7. The van der Waals surface area contributed by atoms with Crippen molar-refractivity contribution >= 4 is 0 Å². The second-order valence-electron chi connectivity index (χ2n) is 6.98. The van der Waals surface area contributed by atoms with E-state index in [2.05, 4.69) is 27.9 Å². The molecule has 1 aromatic heterocycles. The van der Waals surface area contributed by atoms with Crippen molar-refractivity contribution < 1.29 is 14.4 Å². The lowest BCUT2D eigenvalue weighted by Crippen LogP contribution is -2.48. The van der Waals surface area contributed by atoms with Crippen molar-refractivity contribution in [2.24, 2.45) is 0 Å². The summed E-state index contributed by atoms with van der Waals surface area (Å²) in [6, 6.07) is 10.0. The van der Waals surface area contributed by atoms with Gasteiger partial charge in [-0.3, -0.25) is 9.80 Å². The van der Waals surface area contributed by atoms with Crippen LogP contribution in [0.2, 0.25) is 0 Å². The van der Waals surface area contributed by atoms with Gasteiger partial charge in [0, 0.05) is 38.8 Å².